The van der Waals surface area contributed by atoms with E-state index < -0.39 is 5.51 Å². The van der Waals surface area contributed by atoms with E-state index in [1.807, 2.05) is 18.4 Å². The van der Waals surface area contributed by atoms with Crippen LogP contribution in [0, 0.1) is 4.77 Å². The van der Waals surface area contributed by atoms with Gasteiger partial charge in [-0.1, -0.05) is 0 Å². The van der Waals surface area contributed by atoms with Gasteiger partial charge in [0.1, 0.15) is 5.82 Å². The summed E-state index contributed by atoms with van der Waals surface area (Å²) in [5.41, 5.74) is -3.94. The molecule has 1 aliphatic heterocycles. The lowest BCUT2D eigenvalue weighted by Gasteiger charge is -2.32. The Kier molecular flexibility index (Phi) is 6.18. The number of nitrogens with zero attached hydrogens (tertiary/aromatic N) is 3. The van der Waals surface area contributed by atoms with Gasteiger partial charge in [0.15, 0.2) is 4.77 Å². The molecule has 0 atom stereocenters. The summed E-state index contributed by atoms with van der Waals surface area (Å²) in [5.74, 6) is 0.968. The van der Waals surface area contributed by atoms with E-state index in [-0.39, 0.29) is 34.5 Å². The summed E-state index contributed by atoms with van der Waals surface area (Å²) in [6.07, 6.45) is 1.53. The molecular weight excluding hydrogens is 409 g/mol. The third-order valence-electron chi connectivity index (χ3n) is 4.73. The molecule has 152 valence electrons. The molecule has 0 radical (unpaired) electrons. The smallest absolute Gasteiger partial charge is 0.339 e. The summed E-state index contributed by atoms with van der Waals surface area (Å²) >= 11 is 5.11. The number of piperidine rings is 1. The zero-order chi connectivity index (χ0) is 20.5. The van der Waals surface area contributed by atoms with Crippen molar-refractivity contribution in [3.8, 4) is 0 Å². The normalized spacial score (nSPS) is 16.0. The van der Waals surface area contributed by atoms with Crippen LogP contribution in [0.4, 0.5) is 13.2 Å². The minimum atomic E-state index is -4.34. The summed E-state index contributed by atoms with van der Waals surface area (Å²) in [5, 5.41) is 7.23. The molecule has 3 rings (SSSR count). The zero-order valence-corrected chi connectivity index (χ0v) is 17.1. The second-order valence-electron chi connectivity index (χ2n) is 6.99. The highest BCUT2D eigenvalue weighted by atomic mass is 32.2. The van der Waals surface area contributed by atoms with Crippen LogP contribution in [-0.4, -0.2) is 44.2 Å². The number of alkyl halides is 3. The fourth-order valence-electron chi connectivity index (χ4n) is 3.43. The standard InChI is InChI=1S/C18H21F3N4OS2/c1-11(2)25-15(22-23-17(25)27)12-7-9-24(10-8-12)16(26)13-3-5-14(6-4-13)28-18(19,20)21/h3-6,11-12H,7-10H2,1-2H3,(H,23,27). The van der Waals surface area contributed by atoms with Crippen LogP contribution in [0.2, 0.25) is 0 Å². The lowest BCUT2D eigenvalue weighted by atomic mass is 9.95. The SMILES string of the molecule is CC(C)n1c(C2CCN(C(=O)c3ccc(SC(F)(F)F)cc3)CC2)n[nH]c1=S. The van der Waals surface area contributed by atoms with Gasteiger partial charge in [0.2, 0.25) is 0 Å². The molecule has 28 heavy (non-hydrogen) atoms. The molecular formula is C18H21F3N4OS2. The largest absolute Gasteiger partial charge is 0.446 e. The summed E-state index contributed by atoms with van der Waals surface area (Å²) in [7, 11) is 0. The highest BCUT2D eigenvalue weighted by Crippen LogP contribution is 2.37. The molecule has 2 aromatic rings. The highest BCUT2D eigenvalue weighted by molar-refractivity contribution is 8.00. The van der Waals surface area contributed by atoms with Gasteiger partial charge in [-0.3, -0.25) is 9.89 Å². The van der Waals surface area contributed by atoms with E-state index in [4.69, 9.17) is 12.2 Å². The first-order valence-electron chi connectivity index (χ1n) is 8.97. The Labute approximate surface area is 170 Å². The molecule has 0 aliphatic carbocycles. The molecule has 1 saturated heterocycles. The number of aromatic amines is 1. The number of aromatic nitrogens is 3. The highest BCUT2D eigenvalue weighted by Gasteiger charge is 2.30. The molecule has 0 spiro atoms. The first-order valence-corrected chi connectivity index (χ1v) is 10.2. The average molecular weight is 431 g/mol. The minimum Gasteiger partial charge on any atom is -0.339 e. The van der Waals surface area contributed by atoms with Crippen LogP contribution in [0.15, 0.2) is 29.2 Å². The van der Waals surface area contributed by atoms with Crippen LogP contribution >= 0.6 is 24.0 Å². The van der Waals surface area contributed by atoms with Crippen molar-refractivity contribution in [2.24, 2.45) is 0 Å². The van der Waals surface area contributed by atoms with Gasteiger partial charge in [-0.2, -0.15) is 18.3 Å². The molecule has 0 unspecified atom stereocenters. The summed E-state index contributed by atoms with van der Waals surface area (Å²) in [6.45, 7) is 5.24. The van der Waals surface area contributed by atoms with Crippen molar-refractivity contribution >= 4 is 29.9 Å². The predicted octanol–water partition coefficient (Wildman–Crippen LogP) is 5.15. The molecule has 0 saturated carbocycles. The first kappa shape index (κ1) is 20.9. The predicted molar refractivity (Wildman–Crippen MR) is 104 cm³/mol. The Morgan fingerprint density at radius 3 is 2.39 bits per heavy atom. The van der Waals surface area contributed by atoms with Crippen molar-refractivity contribution in [2.75, 3.05) is 13.1 Å². The van der Waals surface area contributed by atoms with E-state index in [1.54, 1.807) is 4.90 Å². The number of nitrogens with one attached hydrogen (secondary N) is 1. The molecule has 1 aliphatic rings. The molecule has 1 amide bonds. The lowest BCUT2D eigenvalue weighted by Crippen LogP contribution is -2.38. The Balaban J connectivity index is 1.63. The van der Waals surface area contributed by atoms with Gasteiger partial charge in [0.25, 0.3) is 5.91 Å². The van der Waals surface area contributed by atoms with Crippen molar-refractivity contribution in [3.05, 3.63) is 40.4 Å². The van der Waals surface area contributed by atoms with E-state index in [0.717, 1.165) is 18.7 Å². The molecule has 5 nitrogen and oxygen atoms in total. The molecule has 1 fully saturated rings. The molecule has 1 aromatic heterocycles. The van der Waals surface area contributed by atoms with Crippen LogP contribution in [0.1, 0.15) is 54.8 Å². The van der Waals surface area contributed by atoms with Crippen molar-refractivity contribution < 1.29 is 18.0 Å². The summed E-state index contributed by atoms with van der Waals surface area (Å²) < 4.78 is 39.9. The number of carbonyl (C=O) groups is 1. The Bertz CT molecular complexity index is 881. The lowest BCUT2D eigenvalue weighted by molar-refractivity contribution is -0.0328. The molecule has 1 N–H and O–H groups in total. The number of carbonyl (C=O) groups excluding carboxylic acids is 1. The molecule has 1 aromatic carbocycles. The maximum atomic E-state index is 12.7. The number of benzene rings is 1. The molecule has 0 bridgehead atoms. The summed E-state index contributed by atoms with van der Waals surface area (Å²) in [6, 6.07) is 5.77. The number of amides is 1. The quantitative estimate of drug-likeness (QED) is 0.538. The Morgan fingerprint density at radius 2 is 1.86 bits per heavy atom. The Hall–Kier alpha value is -1.81. The van der Waals surface area contributed by atoms with E-state index in [1.165, 1.54) is 24.3 Å². The van der Waals surface area contributed by atoms with Gasteiger partial charge >= 0.3 is 5.51 Å². The minimum absolute atomic E-state index is 0.0687. The van der Waals surface area contributed by atoms with E-state index >= 15 is 0 Å². The van der Waals surface area contributed by atoms with Gasteiger partial charge < -0.3 is 9.47 Å². The first-order chi connectivity index (χ1) is 13.2. The van der Waals surface area contributed by atoms with Crippen LogP contribution in [0.3, 0.4) is 0 Å². The maximum Gasteiger partial charge on any atom is 0.446 e. The van der Waals surface area contributed by atoms with E-state index in [0.29, 0.717) is 23.4 Å². The van der Waals surface area contributed by atoms with Gasteiger partial charge in [0, 0.05) is 35.5 Å². The number of thioether (sulfide) groups is 1. The number of likely N-dealkylation sites (tertiary alicyclic amines) is 1. The number of hydrogen-bond acceptors (Lipinski definition) is 4. The Morgan fingerprint density at radius 1 is 1.25 bits per heavy atom. The van der Waals surface area contributed by atoms with Crippen molar-refractivity contribution in [2.45, 2.75) is 49.1 Å². The van der Waals surface area contributed by atoms with Gasteiger partial charge in [0.05, 0.1) is 0 Å². The zero-order valence-electron chi connectivity index (χ0n) is 15.5. The van der Waals surface area contributed by atoms with Crippen molar-refractivity contribution in [3.63, 3.8) is 0 Å². The van der Waals surface area contributed by atoms with Crippen LogP contribution in [-0.2, 0) is 0 Å². The monoisotopic (exact) mass is 430 g/mol. The number of halogens is 3. The number of hydrogen-bond donors (Lipinski definition) is 1. The maximum absolute atomic E-state index is 12.7. The van der Waals surface area contributed by atoms with E-state index in [2.05, 4.69) is 10.2 Å². The van der Waals surface area contributed by atoms with Crippen LogP contribution in [0.25, 0.3) is 0 Å². The topological polar surface area (TPSA) is 53.9 Å². The molecule has 10 heteroatoms. The molecule has 2 heterocycles. The fourth-order valence-corrected chi connectivity index (χ4v) is 4.32. The van der Waals surface area contributed by atoms with Crippen LogP contribution in [0.5, 0.6) is 0 Å². The average Bonchev–Trinajstić information content (AvgIpc) is 3.02. The third-order valence-corrected chi connectivity index (χ3v) is 5.76. The van der Waals surface area contributed by atoms with Crippen molar-refractivity contribution in [1.29, 1.82) is 0 Å². The summed E-state index contributed by atoms with van der Waals surface area (Å²) in [4.78, 5) is 14.5. The number of rotatable bonds is 4. The van der Waals surface area contributed by atoms with Gasteiger partial charge in [-0.15, -0.1) is 0 Å². The fraction of sp³-hybridized carbons (Fsp3) is 0.500. The van der Waals surface area contributed by atoms with E-state index in [9.17, 15) is 18.0 Å². The second-order valence-corrected chi connectivity index (χ2v) is 8.51. The number of H-pyrrole nitrogens is 1. The van der Waals surface area contributed by atoms with Gasteiger partial charge in [-0.05, 0) is 74.9 Å². The van der Waals surface area contributed by atoms with Crippen molar-refractivity contribution in [1.82, 2.24) is 19.7 Å². The van der Waals surface area contributed by atoms with Gasteiger partial charge in [-0.25, -0.2) is 0 Å². The van der Waals surface area contributed by atoms with Crippen LogP contribution < -0.4 is 0 Å². The third kappa shape index (κ3) is 4.78. The second kappa shape index (κ2) is 8.28.